The van der Waals surface area contributed by atoms with Crippen molar-refractivity contribution >= 4 is 46.6 Å². The van der Waals surface area contributed by atoms with Crippen LogP contribution in [0.5, 0.6) is 11.5 Å². The highest BCUT2D eigenvalue weighted by atomic mass is 35.5. The summed E-state index contributed by atoms with van der Waals surface area (Å²) < 4.78 is 11.3. The van der Waals surface area contributed by atoms with Crippen LogP contribution >= 0.6 is 23.4 Å². The van der Waals surface area contributed by atoms with E-state index in [4.69, 9.17) is 26.2 Å². The molecule has 9 heteroatoms. The van der Waals surface area contributed by atoms with Gasteiger partial charge in [-0.2, -0.15) is 0 Å². The molecule has 2 amide bonds. The molecule has 1 fully saturated rings. The highest BCUT2D eigenvalue weighted by Crippen LogP contribution is 2.39. The van der Waals surface area contributed by atoms with Crippen molar-refractivity contribution in [2.45, 2.75) is 19.4 Å². The summed E-state index contributed by atoms with van der Waals surface area (Å²) in [7, 11) is 1.48. The molecule has 1 heterocycles. The molecule has 0 aliphatic carbocycles. The van der Waals surface area contributed by atoms with E-state index in [1.165, 1.54) is 24.1 Å². The number of thioether (sulfide) groups is 1. The summed E-state index contributed by atoms with van der Waals surface area (Å²) in [4.78, 5) is 38.0. The average molecular weight is 538 g/mol. The van der Waals surface area contributed by atoms with E-state index in [0.29, 0.717) is 34.9 Å². The van der Waals surface area contributed by atoms with Gasteiger partial charge in [0.2, 0.25) is 0 Å². The number of carboxylic acids is 1. The second-order valence-electron chi connectivity index (χ2n) is 8.25. The second-order valence-corrected chi connectivity index (χ2v) is 9.65. The zero-order valence-electron chi connectivity index (χ0n) is 20.0. The van der Waals surface area contributed by atoms with Crippen molar-refractivity contribution in [3.8, 4) is 11.5 Å². The lowest BCUT2D eigenvalue weighted by molar-refractivity contribution is -0.122. The fourth-order valence-corrected chi connectivity index (χ4v) is 4.93. The van der Waals surface area contributed by atoms with Gasteiger partial charge in [-0.25, -0.2) is 4.79 Å². The van der Waals surface area contributed by atoms with Gasteiger partial charge in [-0.1, -0.05) is 54.1 Å². The van der Waals surface area contributed by atoms with Crippen LogP contribution in [0.4, 0.5) is 4.79 Å². The van der Waals surface area contributed by atoms with Crippen molar-refractivity contribution < 1.29 is 29.0 Å². The quantitative estimate of drug-likeness (QED) is 0.303. The van der Waals surface area contributed by atoms with E-state index in [9.17, 15) is 14.4 Å². The van der Waals surface area contributed by atoms with Crippen LogP contribution in [0.2, 0.25) is 5.02 Å². The zero-order chi connectivity index (χ0) is 26.4. The summed E-state index contributed by atoms with van der Waals surface area (Å²) in [5, 5.41) is 9.01. The maximum atomic E-state index is 12.9. The Labute approximate surface area is 223 Å². The third kappa shape index (κ3) is 6.53. The second kappa shape index (κ2) is 12.0. The number of aryl methyl sites for hydroxylation is 1. The van der Waals surface area contributed by atoms with Gasteiger partial charge in [0.1, 0.15) is 6.61 Å². The number of halogens is 1. The van der Waals surface area contributed by atoms with E-state index >= 15 is 0 Å². The number of carbonyl (C=O) groups excluding carboxylic acids is 2. The molecule has 3 aromatic rings. The van der Waals surface area contributed by atoms with Crippen molar-refractivity contribution in [1.29, 1.82) is 0 Å². The molecule has 1 saturated heterocycles. The van der Waals surface area contributed by atoms with Crippen molar-refractivity contribution in [3.63, 3.8) is 0 Å². The summed E-state index contributed by atoms with van der Waals surface area (Å²) in [6, 6.07) is 19.6. The van der Waals surface area contributed by atoms with E-state index in [-0.39, 0.29) is 28.3 Å². The Hall–Kier alpha value is -3.75. The lowest BCUT2D eigenvalue weighted by Gasteiger charge is -2.14. The molecule has 1 aliphatic rings. The van der Waals surface area contributed by atoms with Gasteiger partial charge in [-0.3, -0.25) is 14.5 Å². The van der Waals surface area contributed by atoms with Crippen LogP contribution in [-0.4, -0.2) is 40.8 Å². The highest BCUT2D eigenvalue weighted by molar-refractivity contribution is 8.18. The van der Waals surface area contributed by atoms with Gasteiger partial charge >= 0.3 is 5.97 Å². The number of methoxy groups -OCH3 is 1. The first kappa shape index (κ1) is 26.3. The van der Waals surface area contributed by atoms with E-state index in [0.717, 1.165) is 29.3 Å². The van der Waals surface area contributed by atoms with Gasteiger partial charge in [0.15, 0.2) is 11.5 Å². The van der Waals surface area contributed by atoms with Gasteiger partial charge < -0.3 is 14.6 Å². The van der Waals surface area contributed by atoms with Crippen LogP contribution in [0.3, 0.4) is 0 Å². The molecule has 0 aromatic heterocycles. The molecular formula is C28H24ClNO6S. The van der Waals surface area contributed by atoms with E-state index in [2.05, 4.69) is 0 Å². The summed E-state index contributed by atoms with van der Waals surface area (Å²) in [5.74, 6) is -0.651. The van der Waals surface area contributed by atoms with Crippen LogP contribution in [-0.2, 0) is 17.8 Å². The number of hydrogen-bond acceptors (Lipinski definition) is 6. The fraction of sp³-hybridized carbons (Fsp3) is 0.179. The van der Waals surface area contributed by atoms with Gasteiger partial charge in [0.25, 0.3) is 11.1 Å². The molecule has 3 aromatic carbocycles. The van der Waals surface area contributed by atoms with E-state index in [1.54, 1.807) is 30.3 Å². The standard InChI is InChI=1S/C28H24ClNO6S/c1-35-23-15-20(14-22(29)25(23)36-17-19-9-11-21(12-10-19)27(32)33)16-24-26(31)30(28(34)37-24)13-5-8-18-6-3-2-4-7-18/h2-4,6-7,9-12,14-16H,5,8,13,17H2,1H3,(H,32,33)/b24-16+. The minimum absolute atomic E-state index is 0.150. The van der Waals surface area contributed by atoms with Crippen LogP contribution in [0.25, 0.3) is 6.08 Å². The number of rotatable bonds is 10. The van der Waals surface area contributed by atoms with Crippen molar-refractivity contribution in [1.82, 2.24) is 4.90 Å². The molecule has 0 atom stereocenters. The fourth-order valence-electron chi connectivity index (χ4n) is 3.79. The lowest BCUT2D eigenvalue weighted by Crippen LogP contribution is -2.29. The molecular weight excluding hydrogens is 514 g/mol. The molecule has 7 nitrogen and oxygen atoms in total. The van der Waals surface area contributed by atoms with Crippen LogP contribution < -0.4 is 9.47 Å². The number of benzene rings is 3. The van der Waals surface area contributed by atoms with Gasteiger partial charge in [0.05, 0.1) is 22.6 Å². The predicted octanol–water partition coefficient (Wildman–Crippen LogP) is 6.29. The minimum atomic E-state index is -1.00. The first-order valence-corrected chi connectivity index (χ1v) is 12.7. The Kier molecular flexibility index (Phi) is 8.53. The maximum absolute atomic E-state index is 12.9. The van der Waals surface area contributed by atoms with Crippen molar-refractivity contribution in [2.24, 2.45) is 0 Å². The minimum Gasteiger partial charge on any atom is -0.493 e. The van der Waals surface area contributed by atoms with Gasteiger partial charge in [-0.05, 0) is 71.6 Å². The van der Waals surface area contributed by atoms with E-state index in [1.807, 2.05) is 30.3 Å². The number of nitrogens with zero attached hydrogens (tertiary/aromatic N) is 1. The molecule has 0 bridgehead atoms. The topological polar surface area (TPSA) is 93.1 Å². The summed E-state index contributed by atoms with van der Waals surface area (Å²) in [5.41, 5.74) is 2.69. The Morgan fingerprint density at radius 3 is 2.46 bits per heavy atom. The number of carbonyl (C=O) groups is 3. The van der Waals surface area contributed by atoms with E-state index < -0.39 is 5.97 Å². The number of amides is 2. The first-order valence-electron chi connectivity index (χ1n) is 11.5. The lowest BCUT2D eigenvalue weighted by atomic mass is 10.1. The molecule has 4 rings (SSSR count). The normalized spacial score (nSPS) is 14.3. The first-order chi connectivity index (χ1) is 17.9. The smallest absolute Gasteiger partial charge is 0.335 e. The summed E-state index contributed by atoms with van der Waals surface area (Å²) in [6.45, 7) is 0.498. The third-order valence-corrected chi connectivity index (χ3v) is 6.89. The number of imide groups is 1. The predicted molar refractivity (Wildman–Crippen MR) is 143 cm³/mol. The van der Waals surface area contributed by atoms with Crippen LogP contribution in [0.15, 0.2) is 71.6 Å². The Bertz CT molecular complexity index is 1340. The largest absolute Gasteiger partial charge is 0.493 e. The van der Waals surface area contributed by atoms with Crippen molar-refractivity contribution in [3.05, 3.63) is 98.9 Å². The van der Waals surface area contributed by atoms with Crippen LogP contribution in [0, 0.1) is 0 Å². The Balaban J connectivity index is 1.43. The maximum Gasteiger partial charge on any atom is 0.335 e. The van der Waals surface area contributed by atoms with Gasteiger partial charge in [0, 0.05) is 6.54 Å². The number of aromatic carboxylic acids is 1. The average Bonchev–Trinajstić information content (AvgIpc) is 3.16. The Morgan fingerprint density at radius 2 is 1.78 bits per heavy atom. The molecule has 0 saturated carbocycles. The molecule has 0 unspecified atom stereocenters. The Morgan fingerprint density at radius 1 is 1.05 bits per heavy atom. The third-order valence-electron chi connectivity index (χ3n) is 5.70. The molecule has 1 aliphatic heterocycles. The van der Waals surface area contributed by atoms with Gasteiger partial charge in [-0.15, -0.1) is 0 Å². The molecule has 0 spiro atoms. The molecule has 190 valence electrons. The highest BCUT2D eigenvalue weighted by Gasteiger charge is 2.34. The van der Waals surface area contributed by atoms with Crippen molar-refractivity contribution in [2.75, 3.05) is 13.7 Å². The number of hydrogen-bond donors (Lipinski definition) is 1. The zero-order valence-corrected chi connectivity index (χ0v) is 21.6. The summed E-state index contributed by atoms with van der Waals surface area (Å²) >= 11 is 7.37. The SMILES string of the molecule is COc1cc(/C=C2/SC(=O)N(CCCc3ccccc3)C2=O)cc(Cl)c1OCc1ccc(C(=O)O)cc1. The molecule has 37 heavy (non-hydrogen) atoms. The monoisotopic (exact) mass is 537 g/mol. The van der Waals surface area contributed by atoms with Crippen LogP contribution in [0.1, 0.15) is 33.5 Å². The number of carboxylic acid groups (broad SMARTS) is 1. The molecule has 0 radical (unpaired) electrons. The number of ether oxygens (including phenoxy) is 2. The summed E-state index contributed by atoms with van der Waals surface area (Å²) in [6.07, 6.45) is 3.07. The molecule has 1 N–H and O–H groups in total.